The van der Waals surface area contributed by atoms with Crippen LogP contribution in [0, 0.1) is 10.1 Å². The lowest BCUT2D eigenvalue weighted by atomic mass is 10.1. The molecule has 1 aliphatic heterocycles. The topological polar surface area (TPSA) is 92.5 Å². The van der Waals surface area contributed by atoms with Crippen LogP contribution in [0.25, 0.3) is 10.4 Å². The maximum atomic E-state index is 10.9. The summed E-state index contributed by atoms with van der Waals surface area (Å²) in [6.45, 7) is 4.67. The predicted molar refractivity (Wildman–Crippen MR) is 106 cm³/mol. The number of anilines is 1. The Hall–Kier alpha value is -2.48. The third-order valence-corrected chi connectivity index (χ3v) is 5.26. The Balaban J connectivity index is 1.70. The maximum Gasteiger partial charge on any atom is 0.269 e. The van der Waals surface area contributed by atoms with Crippen LogP contribution < -0.4 is 10.6 Å². The number of thiazole rings is 1. The van der Waals surface area contributed by atoms with E-state index in [9.17, 15) is 10.1 Å². The molecule has 0 amide bonds. The number of nitro groups is 1. The fourth-order valence-corrected chi connectivity index (χ4v) is 3.97. The molecule has 1 aliphatic rings. The summed E-state index contributed by atoms with van der Waals surface area (Å²) < 4.78 is 0. The van der Waals surface area contributed by atoms with Gasteiger partial charge in [0, 0.05) is 38.2 Å². The van der Waals surface area contributed by atoms with Gasteiger partial charge in [-0.1, -0.05) is 11.3 Å². The van der Waals surface area contributed by atoms with Crippen LogP contribution in [0.3, 0.4) is 0 Å². The van der Waals surface area contributed by atoms with Crippen LogP contribution in [0.5, 0.6) is 0 Å². The molecule has 0 bridgehead atoms. The molecule has 2 N–H and O–H groups in total. The molecule has 0 radical (unpaired) electrons. The monoisotopic (exact) mass is 373 g/mol. The van der Waals surface area contributed by atoms with E-state index in [1.807, 2.05) is 6.92 Å². The first-order valence-electron chi connectivity index (χ1n) is 8.93. The van der Waals surface area contributed by atoms with Gasteiger partial charge < -0.3 is 10.6 Å². The minimum Gasteiger partial charge on any atom is -0.374 e. The predicted octanol–water partition coefficient (Wildman–Crippen LogP) is 3.86. The molecular weight excluding hydrogens is 350 g/mol. The molecule has 0 saturated heterocycles. The summed E-state index contributed by atoms with van der Waals surface area (Å²) in [4.78, 5) is 20.7. The number of hydrogen-bond donors (Lipinski definition) is 2. The van der Waals surface area contributed by atoms with E-state index in [4.69, 9.17) is 4.98 Å². The van der Waals surface area contributed by atoms with Crippen molar-refractivity contribution in [2.24, 2.45) is 4.99 Å². The number of nitro benzene ring substituents is 1. The Morgan fingerprint density at radius 3 is 2.73 bits per heavy atom. The molecular formula is C18H23N5O2S. The zero-order valence-electron chi connectivity index (χ0n) is 14.8. The summed E-state index contributed by atoms with van der Waals surface area (Å²) in [5.74, 6) is 1.12. The van der Waals surface area contributed by atoms with Crippen LogP contribution in [0.2, 0.25) is 0 Å². The van der Waals surface area contributed by atoms with E-state index in [1.165, 1.54) is 0 Å². The van der Waals surface area contributed by atoms with Gasteiger partial charge in [0.05, 0.1) is 21.3 Å². The number of nitrogens with one attached hydrogen (secondary N) is 2. The standard InChI is InChI=1S/C18H23N5O2S/c1-2-19-18-22-15(5-3-11-20-16-6-4-12-21-16)17(26-18)13-7-9-14(10-8-13)23(24)25/h7-10H,2-6,11-12H2,1H3,(H,19,22)(H,20,21). The van der Waals surface area contributed by atoms with Crippen LogP contribution in [0.15, 0.2) is 29.3 Å². The van der Waals surface area contributed by atoms with Gasteiger partial charge in [0.1, 0.15) is 0 Å². The van der Waals surface area contributed by atoms with Gasteiger partial charge in [-0.2, -0.15) is 0 Å². The SMILES string of the molecule is CCNc1nc(CCCNC2=NCCC2)c(-c2ccc([N+](=O)[O-])cc2)s1. The van der Waals surface area contributed by atoms with Gasteiger partial charge in [-0.25, -0.2) is 4.98 Å². The third kappa shape index (κ3) is 4.57. The van der Waals surface area contributed by atoms with Gasteiger partial charge in [0.2, 0.25) is 0 Å². The van der Waals surface area contributed by atoms with Crippen molar-refractivity contribution in [1.82, 2.24) is 10.3 Å². The van der Waals surface area contributed by atoms with Crippen LogP contribution in [-0.4, -0.2) is 35.4 Å². The van der Waals surface area contributed by atoms with E-state index in [2.05, 4.69) is 15.6 Å². The Labute approximate surface area is 156 Å². The van der Waals surface area contributed by atoms with Crippen molar-refractivity contribution in [2.75, 3.05) is 25.0 Å². The third-order valence-electron chi connectivity index (χ3n) is 4.16. The molecule has 0 aliphatic carbocycles. The maximum absolute atomic E-state index is 10.9. The minimum absolute atomic E-state index is 0.105. The van der Waals surface area contributed by atoms with Gasteiger partial charge >= 0.3 is 0 Å². The normalized spacial score (nSPS) is 13.5. The number of rotatable bonds is 8. The molecule has 1 aromatic carbocycles. The van der Waals surface area contributed by atoms with Gasteiger partial charge in [0.25, 0.3) is 5.69 Å². The average molecular weight is 373 g/mol. The Morgan fingerprint density at radius 1 is 1.27 bits per heavy atom. The van der Waals surface area contributed by atoms with E-state index in [1.54, 1.807) is 35.6 Å². The molecule has 0 fully saturated rings. The first-order chi connectivity index (χ1) is 12.7. The van der Waals surface area contributed by atoms with E-state index in [0.29, 0.717) is 0 Å². The second kappa shape index (κ2) is 8.75. The van der Waals surface area contributed by atoms with Crippen molar-refractivity contribution in [3.8, 4) is 10.4 Å². The molecule has 8 heteroatoms. The lowest BCUT2D eigenvalue weighted by Crippen LogP contribution is -2.22. The van der Waals surface area contributed by atoms with Crippen molar-refractivity contribution in [3.05, 3.63) is 40.1 Å². The number of non-ortho nitro benzene ring substituents is 1. The zero-order valence-corrected chi connectivity index (χ0v) is 15.6. The highest BCUT2D eigenvalue weighted by Crippen LogP contribution is 2.34. The van der Waals surface area contributed by atoms with Crippen molar-refractivity contribution in [1.29, 1.82) is 0 Å². The molecule has 26 heavy (non-hydrogen) atoms. The summed E-state index contributed by atoms with van der Waals surface area (Å²) >= 11 is 1.60. The fraction of sp³-hybridized carbons (Fsp3) is 0.444. The first kappa shape index (κ1) is 18.3. The van der Waals surface area contributed by atoms with Crippen molar-refractivity contribution >= 4 is 28.0 Å². The first-order valence-corrected chi connectivity index (χ1v) is 9.74. The summed E-state index contributed by atoms with van der Waals surface area (Å²) in [5, 5.41) is 18.4. The average Bonchev–Trinajstić information content (AvgIpc) is 3.29. The number of hydrogen-bond acceptors (Lipinski definition) is 7. The highest BCUT2D eigenvalue weighted by atomic mass is 32.1. The number of amidine groups is 1. The lowest BCUT2D eigenvalue weighted by Gasteiger charge is -2.06. The minimum atomic E-state index is -0.376. The van der Waals surface area contributed by atoms with E-state index in [-0.39, 0.29) is 10.6 Å². The van der Waals surface area contributed by atoms with E-state index in [0.717, 1.165) is 72.4 Å². The number of benzene rings is 1. The quantitative estimate of drug-likeness (QED) is 0.416. The van der Waals surface area contributed by atoms with Gasteiger partial charge in [0.15, 0.2) is 5.13 Å². The molecule has 0 saturated carbocycles. The molecule has 1 aromatic heterocycles. The van der Waals surface area contributed by atoms with Crippen molar-refractivity contribution in [3.63, 3.8) is 0 Å². The van der Waals surface area contributed by atoms with E-state index < -0.39 is 0 Å². The smallest absolute Gasteiger partial charge is 0.269 e. The second-order valence-corrected chi connectivity index (χ2v) is 7.09. The summed E-state index contributed by atoms with van der Waals surface area (Å²) in [6, 6.07) is 6.70. The molecule has 2 heterocycles. The fourth-order valence-electron chi connectivity index (χ4n) is 2.88. The van der Waals surface area contributed by atoms with Gasteiger partial charge in [-0.05, 0) is 43.9 Å². The lowest BCUT2D eigenvalue weighted by molar-refractivity contribution is -0.384. The Kier molecular flexibility index (Phi) is 6.17. The summed E-state index contributed by atoms with van der Waals surface area (Å²) in [7, 11) is 0. The summed E-state index contributed by atoms with van der Waals surface area (Å²) in [6.07, 6.45) is 4.02. The largest absolute Gasteiger partial charge is 0.374 e. The summed E-state index contributed by atoms with van der Waals surface area (Å²) in [5.41, 5.74) is 2.11. The second-order valence-electron chi connectivity index (χ2n) is 6.09. The highest BCUT2D eigenvalue weighted by Gasteiger charge is 2.14. The Morgan fingerprint density at radius 2 is 2.08 bits per heavy atom. The van der Waals surface area contributed by atoms with Crippen LogP contribution >= 0.6 is 11.3 Å². The molecule has 7 nitrogen and oxygen atoms in total. The Bertz CT molecular complexity index is 785. The highest BCUT2D eigenvalue weighted by molar-refractivity contribution is 7.19. The molecule has 0 unspecified atom stereocenters. The molecule has 138 valence electrons. The van der Waals surface area contributed by atoms with Crippen LogP contribution in [-0.2, 0) is 6.42 Å². The van der Waals surface area contributed by atoms with E-state index >= 15 is 0 Å². The molecule has 0 atom stereocenters. The number of aliphatic imine (C=N–C) groups is 1. The number of nitrogens with zero attached hydrogens (tertiary/aromatic N) is 3. The zero-order chi connectivity index (χ0) is 18.4. The van der Waals surface area contributed by atoms with Crippen LogP contribution in [0.1, 0.15) is 31.9 Å². The van der Waals surface area contributed by atoms with Gasteiger partial charge in [-0.3, -0.25) is 15.1 Å². The molecule has 3 rings (SSSR count). The van der Waals surface area contributed by atoms with Crippen LogP contribution in [0.4, 0.5) is 10.8 Å². The molecule has 2 aromatic rings. The van der Waals surface area contributed by atoms with Crippen molar-refractivity contribution in [2.45, 2.75) is 32.6 Å². The van der Waals surface area contributed by atoms with Crippen molar-refractivity contribution < 1.29 is 4.92 Å². The number of aromatic nitrogens is 1. The number of aryl methyl sites for hydroxylation is 1. The molecule has 0 spiro atoms. The van der Waals surface area contributed by atoms with Gasteiger partial charge in [-0.15, -0.1) is 0 Å².